The van der Waals surface area contributed by atoms with Gasteiger partial charge in [-0.2, -0.15) is 0 Å². The Morgan fingerprint density at radius 3 is 2.12 bits per heavy atom. The van der Waals surface area contributed by atoms with E-state index in [4.69, 9.17) is 14.8 Å². The smallest absolute Gasteiger partial charge is 0.309 e. The summed E-state index contributed by atoms with van der Waals surface area (Å²) in [6.07, 6.45) is 1.82. The summed E-state index contributed by atoms with van der Waals surface area (Å²) in [5.74, 6) is 0.374. The number of hydrogen-bond donors (Lipinski definition) is 1. The van der Waals surface area contributed by atoms with Crippen LogP contribution in [0, 0.1) is 6.92 Å². The van der Waals surface area contributed by atoms with Gasteiger partial charge >= 0.3 is 5.97 Å². The number of methoxy groups -OCH3 is 1. The van der Waals surface area contributed by atoms with Crippen LogP contribution in [-0.2, 0) is 33.3 Å². The van der Waals surface area contributed by atoms with Crippen LogP contribution in [0.1, 0.15) is 92.0 Å². The molecule has 0 atom stereocenters. The normalized spacial score (nSPS) is 14.9. The fraction of sp³-hybridized carbons (Fsp3) is 0.548. The van der Waals surface area contributed by atoms with Crippen LogP contribution in [0.5, 0.6) is 5.75 Å². The van der Waals surface area contributed by atoms with Gasteiger partial charge in [0, 0.05) is 40.6 Å². The summed E-state index contributed by atoms with van der Waals surface area (Å²) >= 11 is 6.92. The highest BCUT2D eigenvalue weighted by atomic mass is 79.9. The molecule has 10 heteroatoms. The zero-order valence-corrected chi connectivity index (χ0v) is 28.4. The lowest BCUT2D eigenvalue weighted by Crippen LogP contribution is -2.38. The Hall–Kier alpha value is -2.30. The van der Waals surface area contributed by atoms with E-state index in [-0.39, 0.29) is 29.6 Å². The molecule has 4 rings (SSSR count). The van der Waals surface area contributed by atoms with Crippen LogP contribution < -0.4 is 4.74 Å². The second-order valence-corrected chi connectivity index (χ2v) is 16.4. The summed E-state index contributed by atoms with van der Waals surface area (Å²) in [6.45, 7) is 16.5. The number of likely N-dealkylation sites (tertiary alicyclic amines) is 1. The van der Waals surface area contributed by atoms with Crippen molar-refractivity contribution in [1.82, 2.24) is 14.9 Å². The molecular weight excluding hydrogens is 622 g/mol. The van der Waals surface area contributed by atoms with Gasteiger partial charge in [0.25, 0.3) is 0 Å². The monoisotopic (exact) mass is 661 g/mol. The number of carboxylic acids is 1. The Balaban J connectivity index is 1.50. The van der Waals surface area contributed by atoms with Crippen LogP contribution in [0.3, 0.4) is 0 Å². The van der Waals surface area contributed by atoms with Gasteiger partial charge in [-0.3, -0.25) is 9.59 Å². The third kappa shape index (κ3) is 7.20. The number of ether oxygens (including phenoxy) is 1. The zero-order chi connectivity index (χ0) is 30.3. The van der Waals surface area contributed by atoms with Gasteiger partial charge in [0.2, 0.25) is 5.91 Å². The quantitative estimate of drug-likeness (QED) is 0.282. The lowest BCUT2D eigenvalue weighted by Gasteiger charge is -2.31. The Kier molecular flexibility index (Phi) is 9.36. The number of carbonyl (C=O) groups is 2. The van der Waals surface area contributed by atoms with Gasteiger partial charge in [0.05, 0.1) is 40.1 Å². The van der Waals surface area contributed by atoms with Gasteiger partial charge < -0.3 is 14.7 Å². The second-order valence-electron chi connectivity index (χ2n) is 12.8. The van der Waals surface area contributed by atoms with Crippen LogP contribution in [0.15, 0.2) is 15.9 Å². The number of amides is 1. The lowest BCUT2D eigenvalue weighted by molar-refractivity contribution is -0.136. The number of rotatable bonds is 7. The van der Waals surface area contributed by atoms with Gasteiger partial charge in [0.1, 0.15) is 10.8 Å². The Bertz CT molecular complexity index is 1410. The molecule has 1 aliphatic heterocycles. The van der Waals surface area contributed by atoms with Gasteiger partial charge in [-0.25, -0.2) is 9.97 Å². The predicted molar refractivity (Wildman–Crippen MR) is 170 cm³/mol. The predicted octanol–water partition coefficient (Wildman–Crippen LogP) is 7.52. The summed E-state index contributed by atoms with van der Waals surface area (Å²) in [5, 5.41) is 10.9. The van der Waals surface area contributed by atoms with E-state index in [1.54, 1.807) is 18.4 Å². The number of piperidine rings is 1. The van der Waals surface area contributed by atoms with E-state index in [9.17, 15) is 9.59 Å². The topological polar surface area (TPSA) is 92.6 Å². The van der Waals surface area contributed by atoms with Crippen molar-refractivity contribution in [3.63, 3.8) is 0 Å². The van der Waals surface area contributed by atoms with Gasteiger partial charge in [-0.15, -0.1) is 22.7 Å². The SMILES string of the molecule is COc1c(C(C)(C)C)cc(-c2nc(C3CCN(C(=O)Cc4nc(CC(=O)O)c(C)s4)CC3)sc2Br)cc1C(C)(C)C. The molecule has 7 nitrogen and oxygen atoms in total. The maximum absolute atomic E-state index is 13.0. The van der Waals surface area contributed by atoms with Gasteiger partial charge in [-0.05, 0) is 58.7 Å². The number of carbonyl (C=O) groups excluding carboxylic acids is 1. The maximum Gasteiger partial charge on any atom is 0.309 e. The number of aliphatic carboxylic acids is 1. The van der Waals surface area contributed by atoms with Crippen LogP contribution >= 0.6 is 38.6 Å². The number of benzene rings is 1. The van der Waals surface area contributed by atoms with Crippen LogP contribution in [-0.4, -0.2) is 52.1 Å². The van der Waals surface area contributed by atoms with E-state index < -0.39 is 5.97 Å². The molecule has 222 valence electrons. The number of hydrogen-bond acceptors (Lipinski definition) is 7. The number of thiazole rings is 2. The highest BCUT2D eigenvalue weighted by molar-refractivity contribution is 9.11. The Labute approximate surface area is 259 Å². The van der Waals surface area contributed by atoms with Crippen molar-refractivity contribution < 1.29 is 19.4 Å². The summed E-state index contributed by atoms with van der Waals surface area (Å²) in [4.78, 5) is 36.4. The number of aromatic nitrogens is 2. The first-order valence-corrected chi connectivity index (χ1v) is 16.4. The highest BCUT2D eigenvalue weighted by Crippen LogP contribution is 2.45. The van der Waals surface area contributed by atoms with E-state index in [1.807, 2.05) is 11.8 Å². The molecule has 1 fully saturated rings. The van der Waals surface area contributed by atoms with E-state index in [2.05, 4.69) is 74.6 Å². The minimum Gasteiger partial charge on any atom is -0.496 e. The van der Waals surface area contributed by atoms with Crippen LogP contribution in [0.25, 0.3) is 11.3 Å². The lowest BCUT2D eigenvalue weighted by atomic mass is 9.78. The third-order valence-corrected chi connectivity index (χ3v) is 10.4. The van der Waals surface area contributed by atoms with Crippen LogP contribution in [0.4, 0.5) is 0 Å². The van der Waals surface area contributed by atoms with Crippen molar-refractivity contribution >= 4 is 50.5 Å². The van der Waals surface area contributed by atoms with E-state index in [1.165, 1.54) is 22.5 Å². The number of halogens is 1. The third-order valence-electron chi connectivity index (χ3n) is 7.54. The molecule has 0 saturated carbocycles. The average Bonchev–Trinajstić information content (AvgIpc) is 3.43. The molecule has 2 aromatic heterocycles. The number of carboxylic acid groups (broad SMARTS) is 1. The van der Waals surface area contributed by atoms with E-state index in [0.717, 1.165) is 43.5 Å². The second kappa shape index (κ2) is 12.1. The minimum absolute atomic E-state index is 0.0442. The van der Waals surface area contributed by atoms with Crippen molar-refractivity contribution in [2.45, 2.75) is 90.9 Å². The largest absolute Gasteiger partial charge is 0.496 e. The molecule has 0 unspecified atom stereocenters. The molecule has 1 amide bonds. The molecule has 3 aromatic rings. The van der Waals surface area contributed by atoms with Crippen molar-refractivity contribution in [2.75, 3.05) is 20.2 Å². The zero-order valence-electron chi connectivity index (χ0n) is 25.2. The molecule has 3 heterocycles. The fourth-order valence-electron chi connectivity index (χ4n) is 5.26. The molecule has 1 aromatic carbocycles. The molecule has 0 aliphatic carbocycles. The van der Waals surface area contributed by atoms with Crippen molar-refractivity contribution in [1.29, 1.82) is 0 Å². The first kappa shape index (κ1) is 31.6. The molecule has 0 spiro atoms. The number of nitrogens with zero attached hydrogens (tertiary/aromatic N) is 3. The molecule has 0 radical (unpaired) electrons. The van der Waals surface area contributed by atoms with Gasteiger partial charge in [0.15, 0.2) is 0 Å². The minimum atomic E-state index is -0.911. The van der Waals surface area contributed by atoms with Crippen molar-refractivity contribution in [2.24, 2.45) is 0 Å². The van der Waals surface area contributed by atoms with Crippen LogP contribution in [0.2, 0.25) is 0 Å². The molecule has 41 heavy (non-hydrogen) atoms. The summed E-state index contributed by atoms with van der Waals surface area (Å²) in [6, 6.07) is 4.45. The van der Waals surface area contributed by atoms with E-state index in [0.29, 0.717) is 29.7 Å². The molecule has 0 bridgehead atoms. The van der Waals surface area contributed by atoms with Crippen molar-refractivity contribution in [3.8, 4) is 17.0 Å². The van der Waals surface area contributed by atoms with Crippen molar-refractivity contribution in [3.05, 3.63) is 47.6 Å². The summed E-state index contributed by atoms with van der Waals surface area (Å²) in [5.41, 5.74) is 4.74. The standard InChI is InChI=1S/C31H40BrN3O4S2/c1-17-22(15-25(37)38)33-23(40-17)16-24(36)35-11-9-18(10-12-35)29-34-26(28(32)41-29)19-13-20(30(2,3)4)27(39-8)21(14-19)31(5,6)7/h13-14,18H,9-12,15-16H2,1-8H3,(H,37,38). The Morgan fingerprint density at radius 2 is 1.61 bits per heavy atom. The first-order chi connectivity index (χ1) is 19.1. The molecule has 1 N–H and O–H groups in total. The molecule has 1 saturated heterocycles. The number of aryl methyl sites for hydroxylation is 1. The first-order valence-electron chi connectivity index (χ1n) is 13.9. The Morgan fingerprint density at radius 1 is 1.02 bits per heavy atom. The average molecular weight is 663 g/mol. The summed E-state index contributed by atoms with van der Waals surface area (Å²) in [7, 11) is 1.75. The fourth-order valence-corrected chi connectivity index (χ4v) is 8.00. The van der Waals surface area contributed by atoms with E-state index >= 15 is 0 Å². The highest BCUT2D eigenvalue weighted by Gasteiger charge is 2.31. The summed E-state index contributed by atoms with van der Waals surface area (Å²) < 4.78 is 6.97. The maximum atomic E-state index is 13.0. The molecule has 1 aliphatic rings. The molecular formula is C31H40BrN3O4S2. The van der Waals surface area contributed by atoms with Gasteiger partial charge in [-0.1, -0.05) is 41.5 Å².